The molecule has 0 amide bonds. The molecule has 0 bridgehead atoms. The highest BCUT2D eigenvalue weighted by Gasteiger charge is 2.14. The highest BCUT2D eigenvalue weighted by Crippen LogP contribution is 2.25. The number of hydrogen-bond acceptors (Lipinski definition) is 2. The van der Waals surface area contributed by atoms with Gasteiger partial charge in [0.1, 0.15) is 0 Å². The second-order valence-electron chi connectivity index (χ2n) is 5.46. The smallest absolute Gasteiger partial charge is 0.0870 e. The fourth-order valence-corrected chi connectivity index (χ4v) is 2.40. The van der Waals surface area contributed by atoms with Crippen molar-refractivity contribution < 1.29 is 0 Å². The van der Waals surface area contributed by atoms with Crippen molar-refractivity contribution >= 4 is 10.9 Å². The van der Waals surface area contributed by atoms with Crippen LogP contribution in [0.1, 0.15) is 44.8 Å². The molecule has 0 aliphatic heterocycles. The van der Waals surface area contributed by atoms with Crippen LogP contribution < -0.4 is 5.73 Å². The molecule has 0 aliphatic rings. The molecular weight excluding hydrogens is 222 g/mol. The molecule has 1 aromatic heterocycles. The van der Waals surface area contributed by atoms with Gasteiger partial charge in [-0.15, -0.1) is 0 Å². The lowest BCUT2D eigenvalue weighted by Crippen LogP contribution is -2.12. The topological polar surface area (TPSA) is 43.8 Å². The maximum Gasteiger partial charge on any atom is 0.0870 e. The molecule has 1 heterocycles. The lowest BCUT2D eigenvalue weighted by Gasteiger charge is -2.10. The minimum absolute atomic E-state index is 0.0508. The molecule has 0 saturated heterocycles. The number of fused-ring (bicyclic) bond motifs is 1. The molecule has 98 valence electrons. The van der Waals surface area contributed by atoms with Gasteiger partial charge in [0.25, 0.3) is 0 Å². The molecule has 3 nitrogen and oxygen atoms in total. The normalized spacial score (nSPS) is 13.4. The molecule has 2 rings (SSSR count). The van der Waals surface area contributed by atoms with E-state index in [1.807, 2.05) is 23.9 Å². The highest BCUT2D eigenvalue weighted by molar-refractivity contribution is 5.82. The molecule has 1 aromatic carbocycles. The summed E-state index contributed by atoms with van der Waals surface area (Å²) in [6.45, 7) is 4.50. The van der Waals surface area contributed by atoms with E-state index in [1.54, 1.807) is 0 Å². The number of para-hydroxylation sites is 1. The molecule has 3 heteroatoms. The summed E-state index contributed by atoms with van der Waals surface area (Å²) in [4.78, 5) is 0. The van der Waals surface area contributed by atoms with Gasteiger partial charge in [0.05, 0.1) is 11.2 Å². The summed E-state index contributed by atoms with van der Waals surface area (Å²) in [5, 5.41) is 5.77. The largest absolute Gasteiger partial charge is 0.323 e. The van der Waals surface area contributed by atoms with Gasteiger partial charge in [-0.1, -0.05) is 44.9 Å². The molecule has 0 aliphatic carbocycles. The average Bonchev–Trinajstić information content (AvgIpc) is 2.67. The Balaban J connectivity index is 2.15. The molecule has 2 aromatic rings. The predicted molar refractivity (Wildman–Crippen MR) is 76.3 cm³/mol. The van der Waals surface area contributed by atoms with Crippen molar-refractivity contribution in [2.75, 3.05) is 0 Å². The number of nitrogens with zero attached hydrogens (tertiary/aromatic N) is 2. The lowest BCUT2D eigenvalue weighted by molar-refractivity contribution is 0.500. The number of hydrogen-bond donors (Lipinski definition) is 1. The van der Waals surface area contributed by atoms with Crippen molar-refractivity contribution in [1.29, 1.82) is 0 Å². The number of aryl methyl sites for hydroxylation is 1. The van der Waals surface area contributed by atoms with Gasteiger partial charge in [0, 0.05) is 18.5 Å². The van der Waals surface area contributed by atoms with Crippen LogP contribution in [-0.2, 0) is 7.05 Å². The second kappa shape index (κ2) is 5.53. The van der Waals surface area contributed by atoms with Crippen LogP contribution >= 0.6 is 0 Å². The Morgan fingerprint density at radius 1 is 1.22 bits per heavy atom. The van der Waals surface area contributed by atoms with Crippen molar-refractivity contribution in [3.63, 3.8) is 0 Å². The summed E-state index contributed by atoms with van der Waals surface area (Å²) in [6, 6.07) is 8.34. The zero-order valence-electron chi connectivity index (χ0n) is 11.6. The second-order valence-corrected chi connectivity index (χ2v) is 5.46. The van der Waals surface area contributed by atoms with E-state index in [0.29, 0.717) is 0 Å². The Bertz CT molecular complexity index is 513. The van der Waals surface area contributed by atoms with E-state index in [0.717, 1.165) is 23.5 Å². The highest BCUT2D eigenvalue weighted by atomic mass is 15.3. The van der Waals surface area contributed by atoms with E-state index in [9.17, 15) is 0 Å². The molecule has 0 fully saturated rings. The standard InChI is InChI=1S/C15H23N3/c1-11(2)7-6-9-13(16)15-12-8-4-5-10-14(12)18(3)17-15/h4-5,8,10-11,13H,6-7,9,16H2,1-3H3. The number of rotatable bonds is 5. The van der Waals surface area contributed by atoms with Gasteiger partial charge in [-0.3, -0.25) is 4.68 Å². The fourth-order valence-electron chi connectivity index (χ4n) is 2.40. The minimum atomic E-state index is 0.0508. The summed E-state index contributed by atoms with van der Waals surface area (Å²) in [7, 11) is 1.98. The number of benzene rings is 1. The average molecular weight is 245 g/mol. The van der Waals surface area contributed by atoms with Crippen LogP contribution in [0, 0.1) is 5.92 Å². The Morgan fingerprint density at radius 3 is 2.67 bits per heavy atom. The lowest BCUT2D eigenvalue weighted by atomic mass is 10.0. The van der Waals surface area contributed by atoms with Crippen LogP contribution in [0.3, 0.4) is 0 Å². The summed E-state index contributed by atoms with van der Waals surface area (Å²) in [6.07, 6.45) is 3.42. The number of aromatic nitrogens is 2. The molecular formula is C15H23N3. The Kier molecular flexibility index (Phi) is 4.02. The van der Waals surface area contributed by atoms with Crippen LogP contribution in [0.25, 0.3) is 10.9 Å². The van der Waals surface area contributed by atoms with Gasteiger partial charge in [-0.25, -0.2) is 0 Å². The van der Waals surface area contributed by atoms with Gasteiger partial charge >= 0.3 is 0 Å². The Morgan fingerprint density at radius 2 is 1.94 bits per heavy atom. The third kappa shape index (κ3) is 2.72. The summed E-state index contributed by atoms with van der Waals surface area (Å²) < 4.78 is 1.92. The Labute approximate surface area is 109 Å². The summed E-state index contributed by atoms with van der Waals surface area (Å²) >= 11 is 0. The third-order valence-corrected chi connectivity index (χ3v) is 3.43. The molecule has 1 unspecified atom stereocenters. The molecule has 18 heavy (non-hydrogen) atoms. The molecule has 2 N–H and O–H groups in total. The summed E-state index contributed by atoms with van der Waals surface area (Å²) in [5.74, 6) is 0.748. The van der Waals surface area contributed by atoms with Crippen molar-refractivity contribution in [2.24, 2.45) is 18.7 Å². The Hall–Kier alpha value is -1.35. The third-order valence-electron chi connectivity index (χ3n) is 3.43. The van der Waals surface area contributed by atoms with Crippen LogP contribution in [0.15, 0.2) is 24.3 Å². The predicted octanol–water partition coefficient (Wildman–Crippen LogP) is 3.40. The van der Waals surface area contributed by atoms with Gasteiger partial charge in [-0.2, -0.15) is 5.10 Å². The first-order valence-corrected chi connectivity index (χ1v) is 6.76. The quantitative estimate of drug-likeness (QED) is 0.877. The first kappa shape index (κ1) is 13.1. The maximum atomic E-state index is 6.28. The maximum absolute atomic E-state index is 6.28. The van der Waals surface area contributed by atoms with Crippen molar-refractivity contribution in [1.82, 2.24) is 9.78 Å². The van der Waals surface area contributed by atoms with Crippen LogP contribution in [0.2, 0.25) is 0 Å². The van der Waals surface area contributed by atoms with Gasteiger partial charge in [0.15, 0.2) is 0 Å². The summed E-state index contributed by atoms with van der Waals surface area (Å²) in [5.41, 5.74) is 8.48. The van der Waals surface area contributed by atoms with E-state index in [-0.39, 0.29) is 6.04 Å². The van der Waals surface area contributed by atoms with E-state index < -0.39 is 0 Å². The van der Waals surface area contributed by atoms with Crippen LogP contribution in [0.5, 0.6) is 0 Å². The van der Waals surface area contributed by atoms with E-state index >= 15 is 0 Å². The van der Waals surface area contributed by atoms with Gasteiger partial charge in [0.2, 0.25) is 0 Å². The van der Waals surface area contributed by atoms with E-state index in [2.05, 4.69) is 31.1 Å². The van der Waals surface area contributed by atoms with Crippen molar-refractivity contribution in [3.8, 4) is 0 Å². The molecule has 0 radical (unpaired) electrons. The zero-order chi connectivity index (χ0) is 13.1. The SMILES string of the molecule is CC(C)CCCC(N)c1nn(C)c2ccccc12. The monoisotopic (exact) mass is 245 g/mol. The van der Waals surface area contributed by atoms with Crippen molar-refractivity contribution in [3.05, 3.63) is 30.0 Å². The molecule has 0 saturated carbocycles. The molecule has 1 atom stereocenters. The molecule has 0 spiro atoms. The van der Waals surface area contributed by atoms with Gasteiger partial charge in [-0.05, 0) is 18.4 Å². The van der Waals surface area contributed by atoms with Crippen LogP contribution in [0.4, 0.5) is 0 Å². The first-order chi connectivity index (χ1) is 8.59. The van der Waals surface area contributed by atoms with Crippen LogP contribution in [-0.4, -0.2) is 9.78 Å². The van der Waals surface area contributed by atoms with E-state index in [4.69, 9.17) is 5.73 Å². The van der Waals surface area contributed by atoms with Gasteiger partial charge < -0.3 is 5.73 Å². The zero-order valence-corrected chi connectivity index (χ0v) is 11.6. The minimum Gasteiger partial charge on any atom is -0.323 e. The van der Waals surface area contributed by atoms with E-state index in [1.165, 1.54) is 18.2 Å². The van der Waals surface area contributed by atoms with Crippen molar-refractivity contribution in [2.45, 2.75) is 39.2 Å². The number of nitrogens with two attached hydrogens (primary N) is 1. The first-order valence-electron chi connectivity index (χ1n) is 6.76. The fraction of sp³-hybridized carbons (Fsp3) is 0.533.